The molecule has 0 heterocycles. The SMILES string of the molecule is Cc1ccc(Br)c(C(=O)NC2CCCCC2CO)c1. The maximum Gasteiger partial charge on any atom is 0.252 e. The number of aliphatic hydroxyl groups excluding tert-OH is 1. The van der Waals surface area contributed by atoms with E-state index in [9.17, 15) is 9.90 Å². The summed E-state index contributed by atoms with van der Waals surface area (Å²) in [5.74, 6) is 0.141. The largest absolute Gasteiger partial charge is 0.396 e. The van der Waals surface area contributed by atoms with E-state index in [1.807, 2.05) is 25.1 Å². The topological polar surface area (TPSA) is 49.3 Å². The summed E-state index contributed by atoms with van der Waals surface area (Å²) >= 11 is 3.42. The molecule has 2 atom stereocenters. The summed E-state index contributed by atoms with van der Waals surface area (Å²) < 4.78 is 0.812. The van der Waals surface area contributed by atoms with Crippen molar-refractivity contribution in [3.63, 3.8) is 0 Å². The lowest BCUT2D eigenvalue weighted by atomic mass is 9.85. The summed E-state index contributed by atoms with van der Waals surface area (Å²) in [6, 6.07) is 5.85. The molecule has 1 saturated carbocycles. The van der Waals surface area contributed by atoms with E-state index in [2.05, 4.69) is 21.2 Å². The van der Waals surface area contributed by atoms with Crippen molar-refractivity contribution < 1.29 is 9.90 Å². The summed E-state index contributed by atoms with van der Waals surface area (Å²) in [4.78, 5) is 12.3. The number of rotatable bonds is 3. The van der Waals surface area contributed by atoms with Crippen LogP contribution in [-0.4, -0.2) is 23.7 Å². The molecule has 1 amide bonds. The van der Waals surface area contributed by atoms with Gasteiger partial charge >= 0.3 is 0 Å². The van der Waals surface area contributed by atoms with Crippen LogP contribution in [0.1, 0.15) is 41.6 Å². The van der Waals surface area contributed by atoms with Gasteiger partial charge in [0, 0.05) is 23.0 Å². The van der Waals surface area contributed by atoms with E-state index in [1.165, 1.54) is 0 Å². The van der Waals surface area contributed by atoms with E-state index in [-0.39, 0.29) is 24.5 Å². The van der Waals surface area contributed by atoms with Crippen molar-refractivity contribution in [1.29, 1.82) is 0 Å². The number of hydrogen-bond acceptors (Lipinski definition) is 2. The van der Waals surface area contributed by atoms with Crippen molar-refractivity contribution >= 4 is 21.8 Å². The van der Waals surface area contributed by atoms with Gasteiger partial charge in [-0.1, -0.05) is 24.5 Å². The van der Waals surface area contributed by atoms with E-state index >= 15 is 0 Å². The molecule has 3 nitrogen and oxygen atoms in total. The van der Waals surface area contributed by atoms with Crippen molar-refractivity contribution in [2.75, 3.05) is 6.61 Å². The molecule has 2 N–H and O–H groups in total. The molecule has 0 saturated heterocycles. The van der Waals surface area contributed by atoms with Crippen molar-refractivity contribution in [2.24, 2.45) is 5.92 Å². The molecule has 2 rings (SSSR count). The Kier molecular flexibility index (Phi) is 4.99. The summed E-state index contributed by atoms with van der Waals surface area (Å²) in [6.07, 6.45) is 4.22. The van der Waals surface area contributed by atoms with Crippen LogP contribution in [0.3, 0.4) is 0 Å². The average molecular weight is 326 g/mol. The maximum atomic E-state index is 12.3. The predicted molar refractivity (Wildman–Crippen MR) is 79.2 cm³/mol. The van der Waals surface area contributed by atoms with Crippen LogP contribution in [-0.2, 0) is 0 Å². The van der Waals surface area contributed by atoms with Gasteiger partial charge in [-0.15, -0.1) is 0 Å². The van der Waals surface area contributed by atoms with Crippen LogP contribution in [0.5, 0.6) is 0 Å². The highest BCUT2D eigenvalue weighted by molar-refractivity contribution is 9.10. The Morgan fingerprint density at radius 3 is 2.89 bits per heavy atom. The van der Waals surface area contributed by atoms with Gasteiger partial charge in [-0.2, -0.15) is 0 Å². The predicted octanol–water partition coefficient (Wildman–Crippen LogP) is 3.04. The fourth-order valence-corrected chi connectivity index (χ4v) is 3.10. The first-order valence-corrected chi connectivity index (χ1v) is 7.59. The maximum absolute atomic E-state index is 12.3. The first-order chi connectivity index (χ1) is 9.11. The minimum Gasteiger partial charge on any atom is -0.396 e. The number of amides is 1. The zero-order chi connectivity index (χ0) is 13.8. The molecule has 1 aromatic carbocycles. The van der Waals surface area contributed by atoms with Gasteiger partial charge in [0.25, 0.3) is 5.91 Å². The molecule has 1 aliphatic carbocycles. The number of halogens is 1. The number of nitrogens with one attached hydrogen (secondary N) is 1. The molecular weight excluding hydrogens is 306 g/mol. The second-order valence-electron chi connectivity index (χ2n) is 5.29. The Balaban J connectivity index is 2.09. The highest BCUT2D eigenvalue weighted by Crippen LogP contribution is 2.25. The Labute approximate surface area is 122 Å². The van der Waals surface area contributed by atoms with Gasteiger partial charge in [-0.25, -0.2) is 0 Å². The lowest BCUT2D eigenvalue weighted by Crippen LogP contribution is -2.43. The molecule has 0 bridgehead atoms. The van der Waals surface area contributed by atoms with Gasteiger partial charge in [0.05, 0.1) is 5.56 Å². The van der Waals surface area contributed by atoms with Crippen molar-refractivity contribution in [2.45, 2.75) is 38.6 Å². The third-order valence-corrected chi connectivity index (χ3v) is 4.52. The monoisotopic (exact) mass is 325 g/mol. The molecule has 19 heavy (non-hydrogen) atoms. The average Bonchev–Trinajstić information content (AvgIpc) is 2.42. The summed E-state index contributed by atoms with van der Waals surface area (Å²) in [6.45, 7) is 2.13. The summed E-state index contributed by atoms with van der Waals surface area (Å²) in [5.41, 5.74) is 1.73. The molecule has 0 radical (unpaired) electrons. The van der Waals surface area contributed by atoms with E-state index in [0.717, 1.165) is 35.7 Å². The second-order valence-corrected chi connectivity index (χ2v) is 6.14. The zero-order valence-corrected chi connectivity index (χ0v) is 12.7. The van der Waals surface area contributed by atoms with Crippen LogP contribution in [0.25, 0.3) is 0 Å². The molecule has 1 aliphatic rings. The zero-order valence-electron chi connectivity index (χ0n) is 11.2. The van der Waals surface area contributed by atoms with E-state index < -0.39 is 0 Å². The van der Waals surface area contributed by atoms with Crippen LogP contribution in [0.15, 0.2) is 22.7 Å². The Morgan fingerprint density at radius 2 is 2.16 bits per heavy atom. The number of benzene rings is 1. The third-order valence-electron chi connectivity index (χ3n) is 3.83. The highest BCUT2D eigenvalue weighted by Gasteiger charge is 2.26. The van der Waals surface area contributed by atoms with Crippen LogP contribution < -0.4 is 5.32 Å². The van der Waals surface area contributed by atoms with Crippen LogP contribution in [0.2, 0.25) is 0 Å². The van der Waals surface area contributed by atoms with Gasteiger partial charge in [-0.3, -0.25) is 4.79 Å². The third kappa shape index (κ3) is 3.57. The molecule has 104 valence electrons. The van der Waals surface area contributed by atoms with Crippen molar-refractivity contribution in [1.82, 2.24) is 5.32 Å². The van der Waals surface area contributed by atoms with Gasteiger partial charge in [0.2, 0.25) is 0 Å². The van der Waals surface area contributed by atoms with Crippen molar-refractivity contribution in [3.05, 3.63) is 33.8 Å². The fraction of sp³-hybridized carbons (Fsp3) is 0.533. The molecular formula is C15H20BrNO2. The lowest BCUT2D eigenvalue weighted by molar-refractivity contribution is 0.0872. The quantitative estimate of drug-likeness (QED) is 0.897. The van der Waals surface area contributed by atoms with E-state index in [0.29, 0.717) is 5.56 Å². The molecule has 1 fully saturated rings. The van der Waals surface area contributed by atoms with Gasteiger partial charge < -0.3 is 10.4 Å². The normalized spacial score (nSPS) is 23.1. The Morgan fingerprint density at radius 1 is 1.42 bits per heavy atom. The number of carbonyl (C=O) groups excluding carboxylic acids is 1. The number of hydrogen-bond donors (Lipinski definition) is 2. The Bertz CT molecular complexity index is 461. The minimum absolute atomic E-state index is 0.0547. The number of carbonyl (C=O) groups is 1. The molecule has 0 aromatic heterocycles. The standard InChI is InChI=1S/C15H20BrNO2/c1-10-6-7-13(16)12(8-10)15(19)17-14-5-3-2-4-11(14)9-18/h6-8,11,14,18H,2-5,9H2,1H3,(H,17,19). The molecule has 4 heteroatoms. The van der Waals surface area contributed by atoms with Crippen LogP contribution in [0, 0.1) is 12.8 Å². The van der Waals surface area contributed by atoms with E-state index in [1.54, 1.807) is 0 Å². The minimum atomic E-state index is -0.0547. The van der Waals surface area contributed by atoms with Crippen LogP contribution >= 0.6 is 15.9 Å². The smallest absolute Gasteiger partial charge is 0.252 e. The second kappa shape index (κ2) is 6.53. The molecule has 0 aliphatic heterocycles. The number of aliphatic hydroxyl groups is 1. The first-order valence-electron chi connectivity index (χ1n) is 6.79. The number of aryl methyl sites for hydroxylation is 1. The van der Waals surface area contributed by atoms with Crippen LogP contribution in [0.4, 0.5) is 0 Å². The van der Waals surface area contributed by atoms with E-state index in [4.69, 9.17) is 0 Å². The van der Waals surface area contributed by atoms with Gasteiger partial charge in [0.1, 0.15) is 0 Å². The summed E-state index contributed by atoms with van der Waals surface area (Å²) in [5, 5.41) is 12.5. The fourth-order valence-electron chi connectivity index (χ4n) is 2.68. The molecule has 2 unspecified atom stereocenters. The van der Waals surface area contributed by atoms with Gasteiger partial charge in [-0.05, 0) is 47.8 Å². The lowest BCUT2D eigenvalue weighted by Gasteiger charge is -2.31. The van der Waals surface area contributed by atoms with Gasteiger partial charge in [0.15, 0.2) is 0 Å². The summed E-state index contributed by atoms with van der Waals surface area (Å²) in [7, 11) is 0. The van der Waals surface area contributed by atoms with Crippen molar-refractivity contribution in [3.8, 4) is 0 Å². The molecule has 1 aromatic rings. The first kappa shape index (κ1) is 14.5. The molecule has 0 spiro atoms. The Hall–Kier alpha value is -0.870. The highest BCUT2D eigenvalue weighted by atomic mass is 79.9.